The van der Waals surface area contributed by atoms with Crippen LogP contribution in [0.1, 0.15) is 37.4 Å². The minimum atomic E-state index is 0.343. The van der Waals surface area contributed by atoms with E-state index in [1.807, 2.05) is 0 Å². The molecule has 0 aromatic heterocycles. The highest BCUT2D eigenvalue weighted by Gasteiger charge is 2.42. The summed E-state index contributed by atoms with van der Waals surface area (Å²) in [7, 11) is 0. The molecule has 0 spiro atoms. The molecule has 1 heteroatoms. The van der Waals surface area contributed by atoms with Gasteiger partial charge in [-0.05, 0) is 36.8 Å². The van der Waals surface area contributed by atoms with Crippen molar-refractivity contribution in [1.82, 2.24) is 0 Å². The minimum absolute atomic E-state index is 0.343. The van der Waals surface area contributed by atoms with E-state index in [9.17, 15) is 0 Å². The van der Waals surface area contributed by atoms with E-state index >= 15 is 0 Å². The molecule has 1 aromatic rings. The molecule has 3 rings (SSSR count). The van der Waals surface area contributed by atoms with Crippen LogP contribution in [0, 0.1) is 0 Å². The molecule has 0 amide bonds. The Hall–Kier alpha value is -1.08. The highest BCUT2D eigenvalue weighted by atomic mass is 16.6. The fourth-order valence-corrected chi connectivity index (χ4v) is 2.41. The van der Waals surface area contributed by atoms with Crippen LogP contribution in [-0.4, -0.2) is 6.10 Å². The van der Waals surface area contributed by atoms with Gasteiger partial charge in [0.25, 0.3) is 0 Å². The van der Waals surface area contributed by atoms with Crippen molar-refractivity contribution in [3.05, 3.63) is 47.5 Å². The number of allylic oxidation sites excluding steroid dienone is 1. The van der Waals surface area contributed by atoms with E-state index in [1.54, 1.807) is 0 Å². The Labute approximate surface area is 90.8 Å². The first-order valence-corrected chi connectivity index (χ1v) is 5.84. The van der Waals surface area contributed by atoms with Crippen LogP contribution in [0.4, 0.5) is 0 Å². The van der Waals surface area contributed by atoms with Gasteiger partial charge in [-0.3, -0.25) is 0 Å². The molecule has 78 valence electrons. The normalized spacial score (nSPS) is 29.7. The molecular weight excluding hydrogens is 184 g/mol. The fraction of sp³-hybridized carbons (Fsp3) is 0.429. The van der Waals surface area contributed by atoms with Crippen molar-refractivity contribution >= 4 is 0 Å². The molecule has 1 aliphatic heterocycles. The molecule has 0 saturated carbocycles. The lowest BCUT2D eigenvalue weighted by molar-refractivity contribution is 0.384. The summed E-state index contributed by atoms with van der Waals surface area (Å²) in [6.07, 6.45) is 8.31. The number of benzene rings is 1. The lowest BCUT2D eigenvalue weighted by atomic mass is 9.94. The van der Waals surface area contributed by atoms with Crippen LogP contribution < -0.4 is 0 Å². The zero-order valence-electron chi connectivity index (χ0n) is 8.86. The molecule has 15 heavy (non-hydrogen) atoms. The lowest BCUT2D eigenvalue weighted by Crippen LogP contribution is -1.99. The van der Waals surface area contributed by atoms with Crippen LogP contribution in [0.2, 0.25) is 0 Å². The molecule has 0 N–H and O–H groups in total. The van der Waals surface area contributed by atoms with Crippen LogP contribution in [0.15, 0.2) is 42.0 Å². The van der Waals surface area contributed by atoms with E-state index in [2.05, 4.69) is 36.4 Å². The Morgan fingerprint density at radius 3 is 2.60 bits per heavy atom. The largest absolute Gasteiger partial charge is 0.360 e. The standard InChI is InChI=1S/C14H16O/c1-3-7-11(8-4-1)13-14(15-13)12-9-5-2-6-10-12/h1,3-4,7-9,13-14H,2,5-6,10H2/t13-,14-/m1/s1. The van der Waals surface area contributed by atoms with E-state index in [0.29, 0.717) is 12.2 Å². The van der Waals surface area contributed by atoms with Crippen molar-refractivity contribution in [2.75, 3.05) is 0 Å². The summed E-state index contributed by atoms with van der Waals surface area (Å²) < 4.78 is 5.77. The summed E-state index contributed by atoms with van der Waals surface area (Å²) in [5.74, 6) is 0. The summed E-state index contributed by atoms with van der Waals surface area (Å²) in [4.78, 5) is 0. The minimum Gasteiger partial charge on any atom is -0.360 e. The van der Waals surface area contributed by atoms with Crippen molar-refractivity contribution in [3.63, 3.8) is 0 Å². The maximum absolute atomic E-state index is 5.77. The Morgan fingerprint density at radius 2 is 1.87 bits per heavy atom. The monoisotopic (exact) mass is 200 g/mol. The average Bonchev–Trinajstić information content (AvgIpc) is 3.11. The summed E-state index contributed by atoms with van der Waals surface area (Å²) in [6.45, 7) is 0. The second-order valence-corrected chi connectivity index (χ2v) is 4.41. The third-order valence-corrected chi connectivity index (χ3v) is 3.31. The topological polar surface area (TPSA) is 12.5 Å². The summed E-state index contributed by atoms with van der Waals surface area (Å²) in [5.41, 5.74) is 2.86. The Morgan fingerprint density at radius 1 is 1.00 bits per heavy atom. The molecule has 0 unspecified atom stereocenters. The molecular formula is C14H16O. The predicted molar refractivity (Wildman–Crippen MR) is 60.6 cm³/mol. The van der Waals surface area contributed by atoms with Gasteiger partial charge < -0.3 is 4.74 Å². The molecule has 1 aliphatic carbocycles. The first-order chi connectivity index (χ1) is 7.45. The second kappa shape index (κ2) is 3.82. The van der Waals surface area contributed by atoms with Crippen LogP contribution in [0.3, 0.4) is 0 Å². The van der Waals surface area contributed by atoms with E-state index in [-0.39, 0.29) is 0 Å². The van der Waals surface area contributed by atoms with Gasteiger partial charge in [0.15, 0.2) is 0 Å². The quantitative estimate of drug-likeness (QED) is 0.524. The molecule has 1 fully saturated rings. The zero-order valence-corrected chi connectivity index (χ0v) is 8.86. The fourth-order valence-electron chi connectivity index (χ4n) is 2.41. The first kappa shape index (κ1) is 9.17. The number of epoxide rings is 1. The molecule has 2 atom stereocenters. The van der Waals surface area contributed by atoms with Gasteiger partial charge in [-0.25, -0.2) is 0 Å². The van der Waals surface area contributed by atoms with E-state index in [4.69, 9.17) is 4.74 Å². The smallest absolute Gasteiger partial charge is 0.113 e. The molecule has 1 aromatic carbocycles. The lowest BCUT2D eigenvalue weighted by Gasteiger charge is -2.09. The van der Waals surface area contributed by atoms with Crippen molar-refractivity contribution in [2.45, 2.75) is 37.9 Å². The van der Waals surface area contributed by atoms with Crippen molar-refractivity contribution in [3.8, 4) is 0 Å². The maximum Gasteiger partial charge on any atom is 0.113 e. The molecule has 1 saturated heterocycles. The van der Waals surface area contributed by atoms with Crippen LogP contribution in [-0.2, 0) is 4.74 Å². The van der Waals surface area contributed by atoms with E-state index in [0.717, 1.165) is 0 Å². The third-order valence-electron chi connectivity index (χ3n) is 3.31. The van der Waals surface area contributed by atoms with Gasteiger partial charge in [-0.15, -0.1) is 0 Å². The number of hydrogen-bond donors (Lipinski definition) is 0. The summed E-state index contributed by atoms with van der Waals surface area (Å²) in [5, 5.41) is 0. The number of hydrogen-bond acceptors (Lipinski definition) is 1. The molecule has 1 nitrogen and oxygen atoms in total. The Kier molecular flexibility index (Phi) is 2.34. The van der Waals surface area contributed by atoms with Crippen LogP contribution in [0.5, 0.6) is 0 Å². The van der Waals surface area contributed by atoms with Gasteiger partial charge in [-0.2, -0.15) is 0 Å². The van der Waals surface area contributed by atoms with E-state index < -0.39 is 0 Å². The van der Waals surface area contributed by atoms with Crippen molar-refractivity contribution in [1.29, 1.82) is 0 Å². The second-order valence-electron chi connectivity index (χ2n) is 4.41. The summed E-state index contributed by atoms with van der Waals surface area (Å²) >= 11 is 0. The van der Waals surface area contributed by atoms with E-state index in [1.165, 1.54) is 36.8 Å². The third kappa shape index (κ3) is 1.84. The zero-order chi connectivity index (χ0) is 10.1. The van der Waals surface area contributed by atoms with Crippen molar-refractivity contribution in [2.24, 2.45) is 0 Å². The van der Waals surface area contributed by atoms with Crippen LogP contribution >= 0.6 is 0 Å². The highest BCUT2D eigenvalue weighted by Crippen LogP contribution is 2.45. The van der Waals surface area contributed by atoms with Crippen molar-refractivity contribution < 1.29 is 4.74 Å². The van der Waals surface area contributed by atoms with Gasteiger partial charge in [-0.1, -0.05) is 36.4 Å². The summed E-state index contributed by atoms with van der Waals surface area (Å²) in [6, 6.07) is 10.6. The van der Waals surface area contributed by atoms with Gasteiger partial charge in [0.1, 0.15) is 12.2 Å². The SMILES string of the molecule is C1=C([C@H]2O[C@@H]2c2ccccc2)CCCC1. The molecule has 1 heterocycles. The predicted octanol–water partition coefficient (Wildman–Crippen LogP) is 3.63. The first-order valence-electron chi connectivity index (χ1n) is 5.84. The van der Waals surface area contributed by atoms with Gasteiger partial charge in [0.2, 0.25) is 0 Å². The van der Waals surface area contributed by atoms with Gasteiger partial charge >= 0.3 is 0 Å². The van der Waals surface area contributed by atoms with Gasteiger partial charge in [0, 0.05) is 0 Å². The molecule has 2 aliphatic rings. The number of rotatable bonds is 2. The average molecular weight is 200 g/mol. The molecule has 0 bridgehead atoms. The molecule has 0 radical (unpaired) electrons. The Bertz CT molecular complexity index is 366. The Balaban J connectivity index is 1.71. The van der Waals surface area contributed by atoms with Gasteiger partial charge in [0.05, 0.1) is 0 Å². The maximum atomic E-state index is 5.77. The highest BCUT2D eigenvalue weighted by molar-refractivity contribution is 5.29. The van der Waals surface area contributed by atoms with Crippen LogP contribution in [0.25, 0.3) is 0 Å². The number of ether oxygens (including phenoxy) is 1.